The predicted octanol–water partition coefficient (Wildman–Crippen LogP) is 1.50. The molecule has 0 unspecified atom stereocenters. The summed E-state index contributed by atoms with van der Waals surface area (Å²) in [6, 6.07) is 0. The molecule has 8 atom stereocenters. The second-order valence-corrected chi connectivity index (χ2v) is 10.9. The van der Waals surface area contributed by atoms with Crippen molar-refractivity contribution in [2.24, 2.45) is 28.1 Å². The van der Waals surface area contributed by atoms with Crippen LogP contribution in [0.25, 0.3) is 0 Å². The van der Waals surface area contributed by atoms with Gasteiger partial charge in [-0.05, 0) is 25.2 Å². The largest absolute Gasteiger partial charge is 0.462 e. The predicted molar refractivity (Wildman–Crippen MR) is 111 cm³/mol. The van der Waals surface area contributed by atoms with Gasteiger partial charge in [0, 0.05) is 41.7 Å². The summed E-state index contributed by atoms with van der Waals surface area (Å²) in [5, 5.41) is 22.3. The summed E-state index contributed by atoms with van der Waals surface area (Å²) in [6.45, 7) is 9.89. The number of hydrogen-bond donors (Lipinski definition) is 2. The van der Waals surface area contributed by atoms with Crippen molar-refractivity contribution in [1.82, 2.24) is 0 Å². The first-order valence-electron chi connectivity index (χ1n) is 11.3. The molecule has 4 aliphatic rings. The number of ketones is 2. The van der Waals surface area contributed by atoms with Crippen LogP contribution < -0.4 is 0 Å². The minimum absolute atomic E-state index is 0.0172. The molecule has 0 heterocycles. The first kappa shape index (κ1) is 23.1. The zero-order valence-corrected chi connectivity index (χ0v) is 19.4. The lowest BCUT2D eigenvalue weighted by Gasteiger charge is -2.60. The molecule has 4 rings (SSSR count). The van der Waals surface area contributed by atoms with Crippen LogP contribution in [0.1, 0.15) is 60.8 Å². The van der Waals surface area contributed by atoms with Gasteiger partial charge in [-0.1, -0.05) is 27.7 Å². The van der Waals surface area contributed by atoms with Crippen LogP contribution in [0, 0.1) is 28.1 Å². The van der Waals surface area contributed by atoms with Gasteiger partial charge in [-0.3, -0.25) is 19.2 Å². The minimum atomic E-state index is -1.50. The number of aliphatic hydroxyl groups excluding tert-OH is 2. The van der Waals surface area contributed by atoms with Crippen molar-refractivity contribution in [2.45, 2.75) is 85.2 Å². The van der Waals surface area contributed by atoms with Gasteiger partial charge in [0.2, 0.25) is 0 Å². The van der Waals surface area contributed by atoms with Gasteiger partial charge in [0.1, 0.15) is 24.4 Å². The second kappa shape index (κ2) is 6.97. The van der Waals surface area contributed by atoms with E-state index in [1.165, 1.54) is 13.8 Å². The lowest BCUT2D eigenvalue weighted by atomic mass is 9.45. The van der Waals surface area contributed by atoms with Crippen molar-refractivity contribution in [3.63, 3.8) is 0 Å². The fraction of sp³-hybridized carbons (Fsp3) is 0.750. The van der Waals surface area contributed by atoms with E-state index in [0.717, 1.165) is 0 Å². The number of Topliss-reactive ketones (excluding diaryl/α,β-unsaturated/α-hetero) is 2. The Labute approximate surface area is 187 Å². The highest BCUT2D eigenvalue weighted by Gasteiger charge is 2.72. The molecule has 2 fully saturated rings. The molecule has 0 aromatic heterocycles. The molecule has 8 heteroatoms. The molecule has 0 amide bonds. The van der Waals surface area contributed by atoms with Crippen LogP contribution in [0.4, 0.5) is 0 Å². The average molecular weight is 449 g/mol. The molecule has 0 radical (unpaired) electrons. The highest BCUT2D eigenvalue weighted by molar-refractivity contribution is 6.19. The Hall–Kier alpha value is -2.06. The molecule has 176 valence electrons. The van der Waals surface area contributed by atoms with Crippen molar-refractivity contribution in [1.29, 1.82) is 0 Å². The molecule has 0 bridgehead atoms. The zero-order valence-electron chi connectivity index (χ0n) is 19.4. The molecule has 0 aliphatic heterocycles. The van der Waals surface area contributed by atoms with Crippen LogP contribution >= 0.6 is 0 Å². The molecule has 32 heavy (non-hydrogen) atoms. The number of carbonyl (C=O) groups excluding carboxylic acids is 4. The Bertz CT molecular complexity index is 948. The summed E-state index contributed by atoms with van der Waals surface area (Å²) in [4.78, 5) is 50.9. The first-order valence-corrected chi connectivity index (χ1v) is 11.3. The number of fused-ring (bicyclic) bond motifs is 2. The van der Waals surface area contributed by atoms with Crippen molar-refractivity contribution in [3.05, 3.63) is 11.1 Å². The van der Waals surface area contributed by atoms with Crippen LogP contribution in [-0.2, 0) is 28.7 Å². The fourth-order valence-corrected chi connectivity index (χ4v) is 7.14. The maximum absolute atomic E-state index is 13.6. The van der Waals surface area contributed by atoms with E-state index in [2.05, 4.69) is 0 Å². The smallest absolute Gasteiger partial charge is 0.303 e. The SMILES string of the molecule is CC(=O)O[C@@H]1[C@@H](O)C2=C(C(=O)[C@H](O)[C@@]3(C[C@@H]3C)C2=O)[C@@]2(C)CC[C@@H](OC(C)=O)C(C)(C)[C@H]12. The van der Waals surface area contributed by atoms with Crippen LogP contribution in [-0.4, -0.2) is 58.1 Å². The summed E-state index contributed by atoms with van der Waals surface area (Å²) >= 11 is 0. The van der Waals surface area contributed by atoms with E-state index in [0.29, 0.717) is 19.3 Å². The first-order chi connectivity index (χ1) is 14.7. The maximum atomic E-state index is 13.6. The third-order valence-corrected chi connectivity index (χ3v) is 8.64. The van der Waals surface area contributed by atoms with Crippen molar-refractivity contribution in [3.8, 4) is 0 Å². The quantitative estimate of drug-likeness (QED) is 0.609. The summed E-state index contributed by atoms with van der Waals surface area (Å²) in [7, 11) is 0. The van der Waals surface area contributed by atoms with E-state index in [-0.39, 0.29) is 17.1 Å². The lowest BCUT2D eigenvalue weighted by molar-refractivity contribution is -0.200. The standard InChI is InChI=1S/C24H32O8/c1-10-9-24(10)20(29)14-15(17(28)21(24)30)23(6)8-7-13(31-11(2)25)22(4,5)19(23)18(16(14)27)32-12(3)26/h10,13,16,18-19,21,27,30H,7-9H2,1-6H3/t10-,13+,16-,18+,19-,21-,23+,24+/m0/s1. The van der Waals surface area contributed by atoms with Gasteiger partial charge in [0.05, 0.1) is 5.41 Å². The number of aliphatic hydroxyl groups is 2. The van der Waals surface area contributed by atoms with Gasteiger partial charge in [0.25, 0.3) is 0 Å². The average Bonchev–Trinajstić information content (AvgIpc) is 3.34. The number of ether oxygens (including phenoxy) is 2. The third kappa shape index (κ3) is 2.81. The van der Waals surface area contributed by atoms with Crippen LogP contribution in [0.5, 0.6) is 0 Å². The summed E-state index contributed by atoms with van der Waals surface area (Å²) < 4.78 is 11.2. The summed E-state index contributed by atoms with van der Waals surface area (Å²) in [6.07, 6.45) is -3.40. The monoisotopic (exact) mass is 448 g/mol. The summed E-state index contributed by atoms with van der Waals surface area (Å²) in [5.41, 5.74) is -2.83. The molecule has 0 aromatic rings. The Balaban J connectivity index is 1.92. The van der Waals surface area contributed by atoms with Gasteiger partial charge >= 0.3 is 11.9 Å². The molecule has 1 spiro atoms. The van der Waals surface area contributed by atoms with Gasteiger partial charge in [0.15, 0.2) is 11.6 Å². The normalized spacial score (nSPS) is 44.6. The minimum Gasteiger partial charge on any atom is -0.462 e. The molecular weight excluding hydrogens is 416 g/mol. The molecular formula is C24H32O8. The molecule has 0 aromatic carbocycles. The van der Waals surface area contributed by atoms with E-state index in [4.69, 9.17) is 9.47 Å². The Kier molecular flexibility index (Phi) is 5.03. The zero-order chi connectivity index (χ0) is 24.0. The van der Waals surface area contributed by atoms with Gasteiger partial charge in [-0.2, -0.15) is 0 Å². The molecule has 4 aliphatic carbocycles. The van der Waals surface area contributed by atoms with E-state index in [1.807, 2.05) is 20.8 Å². The van der Waals surface area contributed by atoms with Crippen molar-refractivity contribution >= 4 is 23.5 Å². The maximum Gasteiger partial charge on any atom is 0.303 e. The highest BCUT2D eigenvalue weighted by Crippen LogP contribution is 2.66. The molecule has 8 nitrogen and oxygen atoms in total. The molecule has 0 saturated heterocycles. The Morgan fingerprint density at radius 3 is 2.09 bits per heavy atom. The van der Waals surface area contributed by atoms with E-state index in [9.17, 15) is 29.4 Å². The number of rotatable bonds is 2. The van der Waals surface area contributed by atoms with Crippen LogP contribution in [0.2, 0.25) is 0 Å². The van der Waals surface area contributed by atoms with E-state index < -0.39 is 70.1 Å². The third-order valence-electron chi connectivity index (χ3n) is 8.64. The van der Waals surface area contributed by atoms with E-state index >= 15 is 0 Å². The molecule has 2 N–H and O–H groups in total. The highest BCUT2D eigenvalue weighted by atomic mass is 16.6. The lowest BCUT2D eigenvalue weighted by Crippen LogP contribution is -2.66. The number of carbonyl (C=O) groups is 4. The van der Waals surface area contributed by atoms with Crippen molar-refractivity contribution in [2.75, 3.05) is 0 Å². The van der Waals surface area contributed by atoms with Gasteiger partial charge in [-0.25, -0.2) is 0 Å². The van der Waals surface area contributed by atoms with E-state index in [1.54, 1.807) is 6.92 Å². The topological polar surface area (TPSA) is 127 Å². The van der Waals surface area contributed by atoms with Crippen LogP contribution in [0.15, 0.2) is 11.1 Å². The van der Waals surface area contributed by atoms with Gasteiger partial charge in [-0.15, -0.1) is 0 Å². The Morgan fingerprint density at radius 2 is 1.59 bits per heavy atom. The van der Waals surface area contributed by atoms with Crippen LogP contribution in [0.3, 0.4) is 0 Å². The Morgan fingerprint density at radius 1 is 1.03 bits per heavy atom. The fourth-order valence-electron chi connectivity index (χ4n) is 7.14. The number of esters is 2. The van der Waals surface area contributed by atoms with Gasteiger partial charge < -0.3 is 19.7 Å². The summed E-state index contributed by atoms with van der Waals surface area (Å²) in [5.74, 6) is -2.81. The molecule has 2 saturated carbocycles. The second-order valence-electron chi connectivity index (χ2n) is 10.9. The van der Waals surface area contributed by atoms with Crippen molar-refractivity contribution < 1.29 is 38.9 Å². The number of hydrogen-bond acceptors (Lipinski definition) is 8.